The first kappa shape index (κ1) is 32.2. The number of benzene rings is 3. The zero-order valence-electron chi connectivity index (χ0n) is 24.1. The number of phenols is 1. The number of anilines is 1. The van der Waals surface area contributed by atoms with Crippen LogP contribution >= 0.6 is 23.2 Å². The Labute approximate surface area is 277 Å². The van der Waals surface area contributed by atoms with Gasteiger partial charge in [0.1, 0.15) is 5.69 Å². The molecule has 1 saturated carbocycles. The van der Waals surface area contributed by atoms with Gasteiger partial charge in [0.2, 0.25) is 17.6 Å². The molecule has 7 rings (SSSR count). The van der Waals surface area contributed by atoms with Crippen LogP contribution in [0.15, 0.2) is 60.2 Å². The lowest BCUT2D eigenvalue weighted by Gasteiger charge is -2.50. The number of hydrogen-bond acceptors (Lipinski definition) is 5. The van der Waals surface area contributed by atoms with Crippen molar-refractivity contribution in [3.05, 3.63) is 106 Å². The number of phenolic OH excluding ortho intramolecular Hbond substituents is 1. The average Bonchev–Trinajstić information content (AvgIpc) is 3.39. The predicted molar refractivity (Wildman–Crippen MR) is 156 cm³/mol. The predicted octanol–water partition coefficient (Wildman–Crippen LogP) is 5.99. The molecular weight excluding hydrogens is 689 g/mol. The van der Waals surface area contributed by atoms with Crippen LogP contribution < -0.4 is 4.90 Å². The topological polar surface area (TPSA) is 95.0 Å². The Hall–Kier alpha value is -4.36. The van der Waals surface area contributed by atoms with Gasteiger partial charge < -0.3 is 5.11 Å². The van der Waals surface area contributed by atoms with E-state index in [1.807, 2.05) is 0 Å². The van der Waals surface area contributed by atoms with Crippen molar-refractivity contribution in [3.63, 3.8) is 0 Å². The Morgan fingerprint density at radius 3 is 2.04 bits per heavy atom. The first-order valence-electron chi connectivity index (χ1n) is 14.5. The number of halogens is 8. The van der Waals surface area contributed by atoms with Crippen LogP contribution in [0.4, 0.5) is 32.0 Å². The van der Waals surface area contributed by atoms with Gasteiger partial charge in [0.25, 0.3) is 11.8 Å². The molecule has 1 N–H and O–H groups in total. The SMILES string of the molecule is O=C1C2CC=C3C(CC4(Cl)C(=O)N(c5c(F)c(F)c(F)c(F)c5F)C(=O)C4(Cl)C3c3cccc(F)c3O)C2C(=O)N1Cc1ccccc1. The van der Waals surface area contributed by atoms with E-state index >= 15 is 8.78 Å². The van der Waals surface area contributed by atoms with Crippen molar-refractivity contribution in [1.82, 2.24) is 4.90 Å². The molecule has 4 amide bonds. The largest absolute Gasteiger partial charge is 0.505 e. The number of likely N-dealkylation sites (tertiary alicyclic amines) is 1. The maximum atomic E-state index is 15.1. The van der Waals surface area contributed by atoms with Crippen LogP contribution in [0.25, 0.3) is 0 Å². The second-order valence-electron chi connectivity index (χ2n) is 12.1. The lowest BCUT2D eigenvalue weighted by atomic mass is 9.56. The fourth-order valence-corrected chi connectivity index (χ4v) is 8.59. The molecule has 0 bridgehead atoms. The molecule has 3 fully saturated rings. The maximum absolute atomic E-state index is 15.1. The number of alkyl halides is 2. The van der Waals surface area contributed by atoms with E-state index in [1.54, 1.807) is 30.3 Å². The molecule has 0 radical (unpaired) electrons. The molecule has 3 aromatic carbocycles. The fraction of sp³-hybridized carbons (Fsp3) is 0.273. The summed E-state index contributed by atoms with van der Waals surface area (Å²) in [7, 11) is 0. The Kier molecular flexibility index (Phi) is 7.26. The first-order valence-corrected chi connectivity index (χ1v) is 15.3. The van der Waals surface area contributed by atoms with E-state index in [1.165, 1.54) is 6.08 Å². The Morgan fingerprint density at radius 2 is 1.40 bits per heavy atom. The van der Waals surface area contributed by atoms with Crippen LogP contribution in [0.5, 0.6) is 5.75 Å². The summed E-state index contributed by atoms with van der Waals surface area (Å²) in [5, 5.41) is 10.9. The van der Waals surface area contributed by atoms with Gasteiger partial charge in [-0.3, -0.25) is 24.1 Å². The average molecular weight is 709 g/mol. The van der Waals surface area contributed by atoms with Crippen LogP contribution in [0.2, 0.25) is 0 Å². The van der Waals surface area contributed by atoms with Gasteiger partial charge in [-0.2, -0.15) is 0 Å². The van der Waals surface area contributed by atoms with Crippen LogP contribution in [0.3, 0.4) is 0 Å². The van der Waals surface area contributed by atoms with Crippen molar-refractivity contribution in [2.75, 3.05) is 4.90 Å². The number of allylic oxidation sites excluding steroid dienone is 2. The molecule has 15 heteroatoms. The summed E-state index contributed by atoms with van der Waals surface area (Å²) >= 11 is 14.0. The van der Waals surface area contributed by atoms with Gasteiger partial charge in [-0.05, 0) is 30.4 Å². The summed E-state index contributed by atoms with van der Waals surface area (Å²) < 4.78 is 87.7. The highest BCUT2D eigenvalue weighted by Gasteiger charge is 2.77. The second-order valence-corrected chi connectivity index (χ2v) is 13.4. The third-order valence-electron chi connectivity index (χ3n) is 9.83. The van der Waals surface area contributed by atoms with Crippen molar-refractivity contribution in [1.29, 1.82) is 0 Å². The minimum Gasteiger partial charge on any atom is -0.505 e. The molecule has 6 unspecified atom stereocenters. The van der Waals surface area contributed by atoms with E-state index < -0.39 is 115 Å². The third-order valence-corrected chi connectivity index (χ3v) is 11.2. The number of nitrogens with zero attached hydrogens (tertiary/aromatic N) is 2. The molecule has 4 aliphatic rings. The number of amides is 4. The van der Waals surface area contributed by atoms with E-state index in [0.717, 1.165) is 23.1 Å². The van der Waals surface area contributed by atoms with Gasteiger partial charge in [-0.25, -0.2) is 31.2 Å². The summed E-state index contributed by atoms with van der Waals surface area (Å²) in [6.45, 7) is -0.0986. The molecule has 2 aliphatic heterocycles. The summed E-state index contributed by atoms with van der Waals surface area (Å²) in [4.78, 5) is 51.0. The number of para-hydroxylation sites is 1. The first-order chi connectivity index (χ1) is 22.7. The van der Waals surface area contributed by atoms with Gasteiger partial charge >= 0.3 is 0 Å². The monoisotopic (exact) mass is 708 g/mol. The van der Waals surface area contributed by atoms with Crippen LogP contribution in [0, 0.1) is 52.7 Å². The molecule has 2 saturated heterocycles. The highest BCUT2D eigenvalue weighted by molar-refractivity contribution is 6.58. The summed E-state index contributed by atoms with van der Waals surface area (Å²) in [5.74, 6) is -24.5. The van der Waals surface area contributed by atoms with Crippen molar-refractivity contribution in [3.8, 4) is 5.75 Å². The molecule has 7 nitrogen and oxygen atoms in total. The molecule has 6 atom stereocenters. The minimum absolute atomic E-state index is 0.0894. The molecule has 2 aliphatic carbocycles. The Balaban J connectivity index is 1.42. The van der Waals surface area contributed by atoms with Crippen LogP contribution in [-0.4, -0.2) is 43.4 Å². The second kappa shape index (κ2) is 10.8. The normalized spacial score (nSPS) is 29.6. The number of aromatic hydroxyl groups is 1. The van der Waals surface area contributed by atoms with Crippen molar-refractivity contribution >= 4 is 52.5 Å². The van der Waals surface area contributed by atoms with Crippen molar-refractivity contribution < 1.29 is 50.6 Å². The van der Waals surface area contributed by atoms with E-state index in [2.05, 4.69) is 0 Å². The number of imide groups is 2. The maximum Gasteiger partial charge on any atom is 0.258 e. The third kappa shape index (κ3) is 4.03. The van der Waals surface area contributed by atoms with E-state index in [0.29, 0.717) is 5.56 Å². The summed E-state index contributed by atoms with van der Waals surface area (Å²) in [5.41, 5.74) is -1.64. The lowest BCUT2D eigenvalue weighted by Crippen LogP contribution is -2.60. The number of rotatable bonds is 4. The quantitative estimate of drug-likeness (QED) is 0.0898. The van der Waals surface area contributed by atoms with Gasteiger partial charge in [-0.1, -0.05) is 54.1 Å². The molecule has 2 heterocycles. The number of carbonyl (C=O) groups is 4. The Morgan fingerprint density at radius 1 is 0.771 bits per heavy atom. The van der Waals surface area contributed by atoms with Gasteiger partial charge in [0.05, 0.1) is 18.4 Å². The van der Waals surface area contributed by atoms with Gasteiger partial charge in [-0.15, -0.1) is 23.2 Å². The summed E-state index contributed by atoms with van der Waals surface area (Å²) in [6, 6.07) is 11.7. The highest BCUT2D eigenvalue weighted by atomic mass is 35.5. The van der Waals surface area contributed by atoms with E-state index in [-0.39, 0.29) is 23.4 Å². The van der Waals surface area contributed by atoms with Crippen molar-refractivity contribution in [2.24, 2.45) is 17.8 Å². The minimum atomic E-state index is -2.87. The highest BCUT2D eigenvalue weighted by Crippen LogP contribution is 2.66. The fourth-order valence-electron chi connectivity index (χ4n) is 7.66. The smallest absolute Gasteiger partial charge is 0.258 e. The van der Waals surface area contributed by atoms with Crippen LogP contribution in [0.1, 0.15) is 29.9 Å². The van der Waals surface area contributed by atoms with Crippen molar-refractivity contribution in [2.45, 2.75) is 35.1 Å². The molecular formula is C33H20Cl2F6N2O5. The number of fused-ring (bicyclic) bond motifs is 4. The zero-order chi connectivity index (χ0) is 34.6. The van der Waals surface area contributed by atoms with E-state index in [4.69, 9.17) is 23.2 Å². The molecule has 0 aromatic heterocycles. The molecule has 3 aromatic rings. The molecule has 248 valence electrons. The summed E-state index contributed by atoms with van der Waals surface area (Å²) in [6.07, 6.45) is 0.647. The van der Waals surface area contributed by atoms with Gasteiger partial charge in [0, 0.05) is 11.5 Å². The lowest BCUT2D eigenvalue weighted by molar-refractivity contribution is -0.141. The number of hydrogen-bond donors (Lipinski definition) is 1. The molecule has 0 spiro atoms. The van der Waals surface area contributed by atoms with Crippen LogP contribution in [-0.2, 0) is 25.7 Å². The van der Waals surface area contributed by atoms with E-state index in [9.17, 15) is 41.8 Å². The molecule has 48 heavy (non-hydrogen) atoms. The Bertz CT molecular complexity index is 1980. The standard InChI is InChI=1S/C33H20Cl2F6N2O5/c34-32-11-17-14(9-10-15-19(17)29(46)42(28(15)45)12-13-5-2-1-3-6-13)20(16-7-4-8-18(36)27(16)44)33(32,35)31(48)43(30(32)47)26-24(40)22(38)21(37)23(39)25(26)41/h1-9,15,17,19-20,44H,10-12H2. The van der Waals surface area contributed by atoms with Gasteiger partial charge in [0.15, 0.2) is 44.6 Å². The number of carbonyl (C=O) groups excluding carboxylic acids is 4. The zero-order valence-corrected chi connectivity index (χ0v) is 25.6.